The highest BCUT2D eigenvalue weighted by Crippen LogP contribution is 2.49. The zero-order valence-corrected chi connectivity index (χ0v) is 15.6. The third-order valence-corrected chi connectivity index (χ3v) is 5.41. The molecule has 1 aliphatic heterocycles. The molecule has 0 amide bonds. The van der Waals surface area contributed by atoms with Crippen LogP contribution in [0.15, 0.2) is 48.1 Å². The first kappa shape index (κ1) is 17.7. The van der Waals surface area contributed by atoms with Gasteiger partial charge in [-0.1, -0.05) is 44.2 Å². The van der Waals surface area contributed by atoms with Crippen molar-refractivity contribution in [1.82, 2.24) is 0 Å². The fourth-order valence-corrected chi connectivity index (χ4v) is 3.56. The predicted octanol–water partition coefficient (Wildman–Crippen LogP) is 4.97. The number of ether oxygens (including phenoxy) is 1. The van der Waals surface area contributed by atoms with Crippen LogP contribution in [0, 0.1) is 0 Å². The van der Waals surface area contributed by atoms with Gasteiger partial charge in [0.05, 0.1) is 0 Å². The summed E-state index contributed by atoms with van der Waals surface area (Å²) in [7, 11) is 0. The lowest BCUT2D eigenvalue weighted by Crippen LogP contribution is -2.22. The summed E-state index contributed by atoms with van der Waals surface area (Å²) < 4.78 is 5.94. The van der Waals surface area contributed by atoms with E-state index < -0.39 is 5.97 Å². The molecule has 1 unspecified atom stereocenters. The van der Waals surface area contributed by atoms with Crippen LogP contribution in [0.1, 0.15) is 57.7 Å². The molecule has 1 saturated heterocycles. The van der Waals surface area contributed by atoms with E-state index in [1.54, 1.807) is 6.92 Å². The molecule has 1 fully saturated rings. The standard InChI is InChI=1S/C22H26O3/c1-14(12-20(23)24)6-9-19-22(5,25-19)16-7-8-18-17(13-16)15(2)10-11-21(18,3)4/h6-10,12-13,19H,11H2,1-5H3,(H,23,24)/b9-6?,14-12+/t19?,22-/m1/s1. The van der Waals surface area contributed by atoms with Gasteiger partial charge in [0.2, 0.25) is 0 Å². The number of allylic oxidation sites excluding steroid dienone is 4. The molecular weight excluding hydrogens is 312 g/mol. The molecule has 1 N–H and O–H groups in total. The van der Waals surface area contributed by atoms with Gasteiger partial charge in [-0.05, 0) is 66.5 Å². The first-order valence-electron chi connectivity index (χ1n) is 8.73. The number of fused-ring (bicyclic) bond motifs is 1. The van der Waals surface area contributed by atoms with E-state index in [0.717, 1.165) is 6.42 Å². The zero-order chi connectivity index (χ0) is 18.4. The Bertz CT molecular complexity index is 811. The van der Waals surface area contributed by atoms with E-state index >= 15 is 0 Å². The molecule has 132 valence electrons. The molecule has 1 heterocycles. The molecule has 25 heavy (non-hydrogen) atoms. The fraction of sp³-hybridized carbons (Fsp3) is 0.409. The minimum Gasteiger partial charge on any atom is -0.478 e. The van der Waals surface area contributed by atoms with Gasteiger partial charge >= 0.3 is 5.97 Å². The molecule has 0 radical (unpaired) electrons. The topological polar surface area (TPSA) is 49.8 Å². The summed E-state index contributed by atoms with van der Waals surface area (Å²) in [5.74, 6) is -0.929. The summed E-state index contributed by atoms with van der Waals surface area (Å²) in [6.45, 7) is 10.6. The molecule has 1 aromatic rings. The molecule has 1 aromatic carbocycles. The van der Waals surface area contributed by atoms with Gasteiger partial charge in [-0.3, -0.25) is 0 Å². The Labute approximate surface area is 149 Å². The number of rotatable bonds is 4. The summed E-state index contributed by atoms with van der Waals surface area (Å²) >= 11 is 0. The summed E-state index contributed by atoms with van der Waals surface area (Å²) in [5.41, 5.74) is 5.74. The second-order valence-corrected chi connectivity index (χ2v) is 7.97. The highest BCUT2D eigenvalue weighted by molar-refractivity contribution is 5.81. The van der Waals surface area contributed by atoms with E-state index in [9.17, 15) is 4.79 Å². The first-order valence-corrected chi connectivity index (χ1v) is 8.73. The molecule has 0 spiro atoms. The molecular formula is C22H26O3. The van der Waals surface area contributed by atoms with E-state index in [2.05, 4.69) is 52.0 Å². The Morgan fingerprint density at radius 3 is 2.72 bits per heavy atom. The van der Waals surface area contributed by atoms with Crippen molar-refractivity contribution in [2.75, 3.05) is 0 Å². The number of carboxylic acid groups (broad SMARTS) is 1. The Morgan fingerprint density at radius 2 is 2.04 bits per heavy atom. The average molecular weight is 338 g/mol. The lowest BCUT2D eigenvalue weighted by atomic mass is 9.73. The van der Waals surface area contributed by atoms with Crippen LogP contribution < -0.4 is 0 Å². The predicted molar refractivity (Wildman–Crippen MR) is 100 cm³/mol. The Hall–Kier alpha value is -2.13. The van der Waals surface area contributed by atoms with Gasteiger partial charge in [0, 0.05) is 6.08 Å². The van der Waals surface area contributed by atoms with Gasteiger partial charge in [0.25, 0.3) is 0 Å². The normalized spacial score (nSPS) is 27.8. The maximum Gasteiger partial charge on any atom is 0.328 e. The number of aliphatic carboxylic acids is 1. The van der Waals surface area contributed by atoms with Crippen molar-refractivity contribution in [2.45, 2.75) is 58.2 Å². The van der Waals surface area contributed by atoms with Crippen LogP contribution in [0.25, 0.3) is 5.57 Å². The van der Waals surface area contributed by atoms with Crippen LogP contribution in [-0.2, 0) is 20.5 Å². The number of carboxylic acids is 1. The zero-order valence-electron chi connectivity index (χ0n) is 15.6. The summed E-state index contributed by atoms with van der Waals surface area (Å²) in [5, 5.41) is 8.78. The lowest BCUT2D eigenvalue weighted by Gasteiger charge is -2.32. The van der Waals surface area contributed by atoms with Gasteiger partial charge in [0.1, 0.15) is 11.7 Å². The largest absolute Gasteiger partial charge is 0.478 e. The Morgan fingerprint density at radius 1 is 1.32 bits per heavy atom. The maximum atomic E-state index is 10.7. The summed E-state index contributed by atoms with van der Waals surface area (Å²) in [4.78, 5) is 10.7. The van der Waals surface area contributed by atoms with Crippen molar-refractivity contribution >= 4 is 11.5 Å². The van der Waals surface area contributed by atoms with Gasteiger partial charge in [-0.25, -0.2) is 4.79 Å². The van der Waals surface area contributed by atoms with E-state index in [1.807, 2.05) is 12.2 Å². The quantitative estimate of drug-likeness (QED) is 0.479. The van der Waals surface area contributed by atoms with E-state index in [0.29, 0.717) is 5.57 Å². The molecule has 0 bridgehead atoms. The number of carbonyl (C=O) groups is 1. The third kappa shape index (κ3) is 3.34. The Balaban J connectivity index is 1.85. The average Bonchev–Trinajstić information content (AvgIpc) is 3.20. The summed E-state index contributed by atoms with van der Waals surface area (Å²) in [6.07, 6.45) is 8.32. The van der Waals surface area contributed by atoms with Crippen molar-refractivity contribution < 1.29 is 14.6 Å². The van der Waals surface area contributed by atoms with Gasteiger partial charge in [0.15, 0.2) is 0 Å². The molecule has 0 saturated carbocycles. The highest BCUT2D eigenvalue weighted by Gasteiger charge is 2.52. The number of hydrogen-bond donors (Lipinski definition) is 1. The number of hydrogen-bond acceptors (Lipinski definition) is 2. The van der Waals surface area contributed by atoms with E-state index in [4.69, 9.17) is 9.84 Å². The van der Waals surface area contributed by atoms with Crippen LogP contribution in [0.2, 0.25) is 0 Å². The van der Waals surface area contributed by atoms with Crippen molar-refractivity contribution in [3.8, 4) is 0 Å². The summed E-state index contributed by atoms with van der Waals surface area (Å²) in [6, 6.07) is 6.67. The molecule has 2 aliphatic rings. The minimum absolute atomic E-state index is 0.0245. The van der Waals surface area contributed by atoms with Crippen LogP contribution in [0.4, 0.5) is 0 Å². The first-order chi connectivity index (χ1) is 11.6. The van der Waals surface area contributed by atoms with Crippen molar-refractivity contribution in [2.24, 2.45) is 0 Å². The number of benzene rings is 1. The van der Waals surface area contributed by atoms with Crippen LogP contribution in [0.3, 0.4) is 0 Å². The van der Waals surface area contributed by atoms with Gasteiger partial charge < -0.3 is 9.84 Å². The second-order valence-electron chi connectivity index (χ2n) is 7.97. The molecule has 2 atom stereocenters. The highest BCUT2D eigenvalue weighted by atomic mass is 16.6. The molecule has 3 heteroatoms. The van der Waals surface area contributed by atoms with E-state index in [-0.39, 0.29) is 17.1 Å². The number of epoxide rings is 1. The molecule has 3 rings (SSSR count). The monoisotopic (exact) mass is 338 g/mol. The second kappa shape index (κ2) is 5.99. The van der Waals surface area contributed by atoms with Crippen molar-refractivity contribution in [3.63, 3.8) is 0 Å². The molecule has 3 nitrogen and oxygen atoms in total. The van der Waals surface area contributed by atoms with Crippen LogP contribution in [0.5, 0.6) is 0 Å². The Kier molecular flexibility index (Phi) is 4.24. The SMILES string of the molecule is CC1=CCC(C)(C)c2ccc([C@@]3(C)OC3C=C/C(C)=C/C(=O)O)cc21. The lowest BCUT2D eigenvalue weighted by molar-refractivity contribution is -0.131. The molecule has 0 aromatic heterocycles. The fourth-order valence-electron chi connectivity index (χ4n) is 3.56. The van der Waals surface area contributed by atoms with E-state index in [1.165, 1.54) is 28.3 Å². The van der Waals surface area contributed by atoms with Crippen molar-refractivity contribution in [1.29, 1.82) is 0 Å². The van der Waals surface area contributed by atoms with Crippen molar-refractivity contribution in [3.05, 3.63) is 64.8 Å². The van der Waals surface area contributed by atoms with Gasteiger partial charge in [-0.2, -0.15) is 0 Å². The van der Waals surface area contributed by atoms with Gasteiger partial charge in [-0.15, -0.1) is 0 Å². The smallest absolute Gasteiger partial charge is 0.328 e. The minimum atomic E-state index is -0.929. The third-order valence-electron chi connectivity index (χ3n) is 5.41. The molecule has 1 aliphatic carbocycles. The maximum absolute atomic E-state index is 10.7. The van der Waals surface area contributed by atoms with Crippen LogP contribution in [-0.4, -0.2) is 17.2 Å². The van der Waals surface area contributed by atoms with Crippen LogP contribution >= 0.6 is 0 Å².